The van der Waals surface area contributed by atoms with Crippen molar-refractivity contribution in [2.75, 3.05) is 0 Å². The summed E-state index contributed by atoms with van der Waals surface area (Å²) in [6.45, 7) is 12.0. The summed E-state index contributed by atoms with van der Waals surface area (Å²) in [7, 11) is 0. The van der Waals surface area contributed by atoms with Gasteiger partial charge in [-0.3, -0.25) is 4.79 Å². The maximum Gasteiger partial charge on any atom is 0.310 e. The number of carboxylic acid groups (broad SMARTS) is 1. The summed E-state index contributed by atoms with van der Waals surface area (Å²) in [5, 5.41) is 9.74. The number of carbonyl (C=O) groups is 1. The van der Waals surface area contributed by atoms with Gasteiger partial charge >= 0.3 is 5.97 Å². The molecule has 0 aliphatic heterocycles. The molecule has 6 atom stereocenters. The van der Waals surface area contributed by atoms with Gasteiger partial charge in [-0.05, 0) is 42.4 Å². The van der Waals surface area contributed by atoms with Gasteiger partial charge in [-0.2, -0.15) is 0 Å². The van der Waals surface area contributed by atoms with Crippen molar-refractivity contribution in [2.24, 2.45) is 35.0 Å². The Labute approximate surface area is 110 Å². The molecular weight excluding hydrogens is 224 g/mol. The second kappa shape index (κ2) is 4.56. The van der Waals surface area contributed by atoms with Crippen molar-refractivity contribution in [2.45, 2.75) is 33.1 Å². The highest BCUT2D eigenvalue weighted by Crippen LogP contribution is 2.69. The first kappa shape index (κ1) is 13.4. The summed E-state index contributed by atoms with van der Waals surface area (Å²) in [4.78, 5) is 11.8. The molecule has 18 heavy (non-hydrogen) atoms. The normalized spacial score (nSPS) is 46.0. The Morgan fingerprint density at radius 1 is 1.33 bits per heavy atom. The predicted molar refractivity (Wildman–Crippen MR) is 73.1 cm³/mol. The number of fused-ring (bicyclic) bond motifs is 1. The van der Waals surface area contributed by atoms with E-state index in [0.717, 1.165) is 19.3 Å². The van der Waals surface area contributed by atoms with E-state index in [1.807, 2.05) is 19.1 Å². The van der Waals surface area contributed by atoms with Crippen LogP contribution in [0.15, 0.2) is 25.3 Å². The van der Waals surface area contributed by atoms with E-state index < -0.39 is 11.4 Å². The largest absolute Gasteiger partial charge is 0.481 e. The molecule has 0 amide bonds. The molecule has 2 aliphatic rings. The van der Waals surface area contributed by atoms with E-state index >= 15 is 0 Å². The number of hydrogen-bond donors (Lipinski definition) is 1. The van der Waals surface area contributed by atoms with E-state index in [2.05, 4.69) is 20.1 Å². The molecule has 1 N–H and O–H groups in total. The third kappa shape index (κ3) is 1.38. The molecule has 2 unspecified atom stereocenters. The fraction of sp³-hybridized carbons (Fsp3) is 0.688. The molecule has 2 nitrogen and oxygen atoms in total. The first-order valence-electron chi connectivity index (χ1n) is 7.06. The lowest BCUT2D eigenvalue weighted by atomic mass is 9.43. The summed E-state index contributed by atoms with van der Waals surface area (Å²) < 4.78 is 0. The van der Waals surface area contributed by atoms with Gasteiger partial charge in [-0.1, -0.05) is 32.4 Å². The summed E-state index contributed by atoms with van der Waals surface area (Å²) in [6.07, 6.45) is 6.73. The smallest absolute Gasteiger partial charge is 0.310 e. The standard InChI is InChI=1S/C16H24O2/c1-5-10-9-11(6-2)14-13(10)12(7-3)16(14,8-4)15(17)18/h5-6,10-14H,1-2,7-9H2,3-4H3,(H,17,18)/t10-,11+,12-,13?,14?,16+/m1/s1. The van der Waals surface area contributed by atoms with Gasteiger partial charge in [0.15, 0.2) is 0 Å². The fourth-order valence-electron chi connectivity index (χ4n) is 5.00. The van der Waals surface area contributed by atoms with Crippen molar-refractivity contribution in [1.29, 1.82) is 0 Å². The van der Waals surface area contributed by atoms with Crippen LogP contribution >= 0.6 is 0 Å². The van der Waals surface area contributed by atoms with Crippen molar-refractivity contribution in [3.05, 3.63) is 25.3 Å². The fourth-order valence-corrected chi connectivity index (χ4v) is 5.00. The van der Waals surface area contributed by atoms with Crippen LogP contribution in [0.25, 0.3) is 0 Å². The Kier molecular flexibility index (Phi) is 3.39. The molecule has 2 rings (SSSR count). The van der Waals surface area contributed by atoms with Crippen LogP contribution in [0.4, 0.5) is 0 Å². The van der Waals surface area contributed by atoms with Gasteiger partial charge in [-0.25, -0.2) is 0 Å². The van der Waals surface area contributed by atoms with Crippen molar-refractivity contribution >= 4 is 5.97 Å². The number of rotatable bonds is 5. The summed E-state index contributed by atoms with van der Waals surface area (Å²) in [5.74, 6) is 1.29. The zero-order valence-electron chi connectivity index (χ0n) is 11.4. The van der Waals surface area contributed by atoms with Crippen LogP contribution in [0, 0.1) is 35.0 Å². The second-order valence-corrected chi connectivity index (χ2v) is 5.85. The molecular formula is C16H24O2. The van der Waals surface area contributed by atoms with E-state index in [4.69, 9.17) is 0 Å². The number of aliphatic carboxylic acids is 1. The Hall–Kier alpha value is -1.05. The first-order chi connectivity index (χ1) is 8.58. The van der Waals surface area contributed by atoms with Gasteiger partial charge in [0.05, 0.1) is 5.41 Å². The van der Waals surface area contributed by atoms with Gasteiger partial charge in [0.1, 0.15) is 0 Å². The zero-order valence-corrected chi connectivity index (χ0v) is 11.4. The molecule has 0 bridgehead atoms. The number of carboxylic acids is 1. The maximum absolute atomic E-state index is 11.8. The molecule has 0 spiro atoms. The van der Waals surface area contributed by atoms with Crippen LogP contribution in [-0.4, -0.2) is 11.1 Å². The lowest BCUT2D eigenvalue weighted by molar-refractivity contribution is -0.189. The predicted octanol–water partition coefficient (Wildman–Crippen LogP) is 3.75. The Morgan fingerprint density at radius 2 is 1.94 bits per heavy atom. The molecule has 2 aliphatic carbocycles. The molecule has 0 aromatic heterocycles. The van der Waals surface area contributed by atoms with Crippen LogP contribution < -0.4 is 0 Å². The van der Waals surface area contributed by atoms with Crippen LogP contribution in [0.1, 0.15) is 33.1 Å². The van der Waals surface area contributed by atoms with Gasteiger partial charge in [0.2, 0.25) is 0 Å². The molecule has 0 saturated heterocycles. The maximum atomic E-state index is 11.8. The van der Waals surface area contributed by atoms with Crippen LogP contribution in [0.3, 0.4) is 0 Å². The third-order valence-corrected chi connectivity index (χ3v) is 5.66. The van der Waals surface area contributed by atoms with E-state index in [-0.39, 0.29) is 5.92 Å². The molecule has 2 heteroatoms. The summed E-state index contributed by atoms with van der Waals surface area (Å²) in [5.41, 5.74) is -0.518. The van der Waals surface area contributed by atoms with Crippen LogP contribution in [0.2, 0.25) is 0 Å². The highest BCUT2D eigenvalue weighted by molar-refractivity contribution is 5.77. The van der Waals surface area contributed by atoms with Gasteiger partial charge < -0.3 is 5.11 Å². The van der Waals surface area contributed by atoms with E-state index in [0.29, 0.717) is 23.7 Å². The zero-order chi connectivity index (χ0) is 13.5. The minimum atomic E-state index is -0.602. The van der Waals surface area contributed by atoms with E-state index in [9.17, 15) is 9.90 Å². The highest BCUT2D eigenvalue weighted by Gasteiger charge is 2.69. The van der Waals surface area contributed by atoms with E-state index in [1.54, 1.807) is 0 Å². The average molecular weight is 248 g/mol. The Balaban J connectivity index is 2.41. The average Bonchev–Trinajstić information content (AvgIpc) is 2.66. The van der Waals surface area contributed by atoms with Crippen molar-refractivity contribution < 1.29 is 9.90 Å². The Morgan fingerprint density at radius 3 is 2.33 bits per heavy atom. The number of hydrogen-bond acceptors (Lipinski definition) is 1. The highest BCUT2D eigenvalue weighted by atomic mass is 16.4. The quantitative estimate of drug-likeness (QED) is 0.752. The molecule has 0 aromatic carbocycles. The third-order valence-electron chi connectivity index (χ3n) is 5.66. The molecule has 2 fully saturated rings. The van der Waals surface area contributed by atoms with Crippen LogP contribution in [-0.2, 0) is 4.79 Å². The lowest BCUT2D eigenvalue weighted by Gasteiger charge is -2.59. The van der Waals surface area contributed by atoms with Gasteiger partial charge in [-0.15, -0.1) is 13.2 Å². The van der Waals surface area contributed by atoms with E-state index in [1.165, 1.54) is 0 Å². The van der Waals surface area contributed by atoms with Gasteiger partial charge in [0.25, 0.3) is 0 Å². The van der Waals surface area contributed by atoms with Crippen molar-refractivity contribution in [1.82, 2.24) is 0 Å². The minimum Gasteiger partial charge on any atom is -0.481 e. The first-order valence-corrected chi connectivity index (χ1v) is 7.06. The van der Waals surface area contributed by atoms with Crippen LogP contribution in [0.5, 0.6) is 0 Å². The number of allylic oxidation sites excluding steroid dienone is 2. The van der Waals surface area contributed by atoms with Crippen molar-refractivity contribution in [3.8, 4) is 0 Å². The van der Waals surface area contributed by atoms with Gasteiger partial charge in [0, 0.05) is 0 Å². The molecule has 0 radical (unpaired) electrons. The second-order valence-electron chi connectivity index (χ2n) is 5.85. The molecule has 0 heterocycles. The topological polar surface area (TPSA) is 37.3 Å². The lowest BCUT2D eigenvalue weighted by Crippen LogP contribution is -2.61. The Bertz CT molecular complexity index is 373. The molecule has 2 saturated carbocycles. The minimum absolute atomic E-state index is 0.269. The molecule has 0 aromatic rings. The monoisotopic (exact) mass is 248 g/mol. The summed E-state index contributed by atoms with van der Waals surface area (Å²) in [6, 6.07) is 0. The van der Waals surface area contributed by atoms with Crippen molar-refractivity contribution in [3.63, 3.8) is 0 Å². The SMILES string of the molecule is C=C[C@@H]1C[C@H](C=C)C2C1[C@@H](CC)[C@]2(CC)C(=O)O. The summed E-state index contributed by atoms with van der Waals surface area (Å²) >= 11 is 0. The molecule has 100 valence electrons.